The van der Waals surface area contributed by atoms with Crippen molar-refractivity contribution in [2.45, 2.75) is 85.0 Å². The van der Waals surface area contributed by atoms with E-state index in [9.17, 15) is 0 Å². The highest BCUT2D eigenvalue weighted by Gasteiger charge is 2.48. The van der Waals surface area contributed by atoms with Crippen molar-refractivity contribution in [1.82, 2.24) is 0 Å². The molecule has 11 rings (SSSR count). The molecular formula is C55H51BN2O. The summed E-state index contributed by atoms with van der Waals surface area (Å²) in [6.07, 6.45) is 1.12. The maximum Gasteiger partial charge on any atom is 0.252 e. The fourth-order valence-corrected chi connectivity index (χ4v) is 11.2. The lowest BCUT2D eigenvalue weighted by molar-refractivity contribution is 0.403. The van der Waals surface area contributed by atoms with Crippen LogP contribution in [-0.2, 0) is 16.2 Å². The first kappa shape index (κ1) is 36.1. The molecule has 0 fully saturated rings. The van der Waals surface area contributed by atoms with E-state index in [-0.39, 0.29) is 23.0 Å². The van der Waals surface area contributed by atoms with E-state index >= 15 is 0 Å². The molecule has 0 saturated carbocycles. The predicted molar refractivity (Wildman–Crippen MR) is 252 cm³/mol. The second kappa shape index (κ2) is 12.3. The molecule has 0 spiro atoms. The molecule has 2 aliphatic heterocycles. The summed E-state index contributed by atoms with van der Waals surface area (Å²) in [6.45, 7) is 21.3. The summed E-state index contributed by atoms with van der Waals surface area (Å²) < 4.78 is 6.55. The van der Waals surface area contributed by atoms with Crippen LogP contribution in [0.15, 0.2) is 138 Å². The summed E-state index contributed by atoms with van der Waals surface area (Å²) in [4.78, 5) is 5.18. The van der Waals surface area contributed by atoms with Gasteiger partial charge in [0.25, 0.3) is 6.71 Å². The lowest BCUT2D eigenvalue weighted by Crippen LogP contribution is -2.61. The standard InChI is InChI=1S/C55H51BN2O/c1-33-26-47-52-48(27-33)58(45-19-15-21-50-51(45)38-18-13-14-20-49(38)59-50)44-24-22-36(35-16-11-10-12-17-35)29-41(44)56(52)42-30-39-40(55(8,9)32-54(39,6)7)31-46(42)57(47)43-25-23-37(28-34(43)2)53(3,4)5/h10-31H,32H2,1-9H3. The number of nitrogens with zero attached hydrogens (tertiary/aromatic N) is 2. The third-order valence-corrected chi connectivity index (χ3v) is 13.7. The molecule has 3 aliphatic rings. The van der Waals surface area contributed by atoms with Crippen molar-refractivity contribution in [3.05, 3.63) is 161 Å². The van der Waals surface area contributed by atoms with Gasteiger partial charge in [-0.2, -0.15) is 0 Å². The fraction of sp³-hybridized carbons (Fsp3) is 0.236. The minimum Gasteiger partial charge on any atom is -0.456 e. The van der Waals surface area contributed by atoms with Gasteiger partial charge >= 0.3 is 0 Å². The molecule has 3 heterocycles. The minimum absolute atomic E-state index is 0.0148. The molecule has 290 valence electrons. The summed E-state index contributed by atoms with van der Waals surface area (Å²) in [5.41, 5.74) is 22.6. The monoisotopic (exact) mass is 766 g/mol. The number of rotatable bonds is 3. The predicted octanol–water partition coefficient (Wildman–Crippen LogP) is 13.2. The van der Waals surface area contributed by atoms with Gasteiger partial charge in [0.2, 0.25) is 0 Å². The van der Waals surface area contributed by atoms with E-state index in [4.69, 9.17) is 4.42 Å². The van der Waals surface area contributed by atoms with E-state index in [1.54, 1.807) is 0 Å². The van der Waals surface area contributed by atoms with E-state index in [1.165, 1.54) is 83.8 Å². The quantitative estimate of drug-likeness (QED) is 0.167. The van der Waals surface area contributed by atoms with Crippen LogP contribution >= 0.6 is 0 Å². The van der Waals surface area contributed by atoms with Crippen molar-refractivity contribution < 1.29 is 4.42 Å². The van der Waals surface area contributed by atoms with Crippen molar-refractivity contribution in [2.24, 2.45) is 0 Å². The first-order chi connectivity index (χ1) is 28.2. The Balaban J connectivity index is 1.28. The summed E-state index contributed by atoms with van der Waals surface area (Å²) >= 11 is 0. The second-order valence-corrected chi connectivity index (χ2v) is 19.9. The Morgan fingerprint density at radius 1 is 0.542 bits per heavy atom. The smallest absolute Gasteiger partial charge is 0.252 e. The van der Waals surface area contributed by atoms with Crippen LogP contribution in [0.4, 0.5) is 34.1 Å². The first-order valence-electron chi connectivity index (χ1n) is 21.3. The van der Waals surface area contributed by atoms with Gasteiger partial charge in [0, 0.05) is 33.8 Å². The number of para-hydroxylation sites is 1. The van der Waals surface area contributed by atoms with Crippen molar-refractivity contribution in [3.63, 3.8) is 0 Å². The van der Waals surface area contributed by atoms with Gasteiger partial charge in [0.15, 0.2) is 0 Å². The van der Waals surface area contributed by atoms with Gasteiger partial charge < -0.3 is 14.2 Å². The van der Waals surface area contributed by atoms with E-state index in [0.29, 0.717) is 0 Å². The molecule has 1 aromatic heterocycles. The SMILES string of the molecule is Cc1cc2c3c(c1)N(c1cccc4oc5ccccc5c14)c1ccc(-c4ccccc4)cc1B3c1cc3c(cc1N2c1ccc(C(C)(C)C)cc1C)C(C)(C)CC3(C)C. The van der Waals surface area contributed by atoms with Crippen LogP contribution in [0.2, 0.25) is 0 Å². The molecule has 0 saturated heterocycles. The fourth-order valence-electron chi connectivity index (χ4n) is 11.2. The summed E-state index contributed by atoms with van der Waals surface area (Å²) in [7, 11) is 0. The van der Waals surface area contributed by atoms with E-state index in [1.807, 2.05) is 0 Å². The Kier molecular flexibility index (Phi) is 7.51. The average Bonchev–Trinajstić information content (AvgIpc) is 3.67. The highest BCUT2D eigenvalue weighted by atomic mass is 16.3. The molecule has 0 amide bonds. The maximum atomic E-state index is 6.55. The number of furan rings is 1. The van der Waals surface area contributed by atoms with Crippen LogP contribution in [0, 0.1) is 13.8 Å². The third-order valence-electron chi connectivity index (χ3n) is 13.7. The lowest BCUT2D eigenvalue weighted by atomic mass is 9.33. The van der Waals surface area contributed by atoms with Crippen LogP contribution in [0.5, 0.6) is 0 Å². The van der Waals surface area contributed by atoms with Gasteiger partial charge in [-0.15, -0.1) is 0 Å². The van der Waals surface area contributed by atoms with Gasteiger partial charge in [0.05, 0.1) is 11.1 Å². The van der Waals surface area contributed by atoms with Gasteiger partial charge in [0.1, 0.15) is 11.2 Å². The molecule has 1 aliphatic carbocycles. The zero-order valence-electron chi connectivity index (χ0n) is 35.8. The van der Waals surface area contributed by atoms with Crippen LogP contribution in [0.3, 0.4) is 0 Å². The highest BCUT2D eigenvalue weighted by Crippen LogP contribution is 2.53. The van der Waals surface area contributed by atoms with Gasteiger partial charge in [-0.1, -0.05) is 133 Å². The number of benzene rings is 7. The maximum absolute atomic E-state index is 6.55. The van der Waals surface area contributed by atoms with E-state index in [2.05, 4.69) is 206 Å². The van der Waals surface area contributed by atoms with E-state index < -0.39 is 0 Å². The van der Waals surface area contributed by atoms with Gasteiger partial charge in [-0.05, 0) is 140 Å². The Morgan fingerprint density at radius 3 is 1.92 bits per heavy atom. The number of anilines is 6. The minimum atomic E-state index is 0.0148. The number of aryl methyl sites for hydroxylation is 2. The molecule has 59 heavy (non-hydrogen) atoms. The third kappa shape index (κ3) is 5.28. The summed E-state index contributed by atoms with van der Waals surface area (Å²) in [6, 6.07) is 50.4. The lowest BCUT2D eigenvalue weighted by Gasteiger charge is -2.45. The van der Waals surface area contributed by atoms with Crippen LogP contribution < -0.4 is 26.2 Å². The van der Waals surface area contributed by atoms with Gasteiger partial charge in [-0.3, -0.25) is 0 Å². The van der Waals surface area contributed by atoms with Crippen LogP contribution in [-0.4, -0.2) is 6.71 Å². The topological polar surface area (TPSA) is 19.6 Å². The molecule has 0 unspecified atom stereocenters. The Labute approximate surface area is 349 Å². The van der Waals surface area contributed by atoms with Crippen LogP contribution in [0.25, 0.3) is 33.1 Å². The molecular weight excluding hydrogens is 715 g/mol. The zero-order valence-corrected chi connectivity index (χ0v) is 35.8. The molecule has 4 heteroatoms. The molecule has 7 aromatic carbocycles. The van der Waals surface area contributed by atoms with Crippen molar-refractivity contribution in [3.8, 4) is 11.1 Å². The van der Waals surface area contributed by atoms with E-state index in [0.717, 1.165) is 34.0 Å². The zero-order chi connectivity index (χ0) is 40.7. The normalized spacial score (nSPS) is 16.0. The molecule has 8 aromatic rings. The van der Waals surface area contributed by atoms with Crippen molar-refractivity contribution >= 4 is 79.2 Å². The Hall–Kier alpha value is -6.00. The largest absolute Gasteiger partial charge is 0.456 e. The Morgan fingerprint density at radius 2 is 1.19 bits per heavy atom. The first-order valence-corrected chi connectivity index (χ1v) is 21.3. The molecule has 3 nitrogen and oxygen atoms in total. The Bertz CT molecular complexity index is 3050. The highest BCUT2D eigenvalue weighted by molar-refractivity contribution is 7.00. The number of fused-ring (bicyclic) bond motifs is 8. The number of hydrogen-bond acceptors (Lipinski definition) is 3. The molecule has 0 bridgehead atoms. The summed E-state index contributed by atoms with van der Waals surface area (Å²) in [5.74, 6) is 0. The molecule has 0 radical (unpaired) electrons. The van der Waals surface area contributed by atoms with Crippen LogP contribution in [0.1, 0.15) is 82.7 Å². The second-order valence-electron chi connectivity index (χ2n) is 19.9. The van der Waals surface area contributed by atoms with Crippen molar-refractivity contribution in [1.29, 1.82) is 0 Å². The average molecular weight is 767 g/mol. The van der Waals surface area contributed by atoms with Gasteiger partial charge in [-0.25, -0.2) is 0 Å². The van der Waals surface area contributed by atoms with Crippen molar-refractivity contribution in [2.75, 3.05) is 9.80 Å². The number of hydrogen-bond donors (Lipinski definition) is 0. The molecule has 0 N–H and O–H groups in total. The summed E-state index contributed by atoms with van der Waals surface area (Å²) in [5, 5.41) is 2.27. The molecule has 0 atom stereocenters.